The number of ether oxygens (including phenoxy) is 4. The maximum absolute atomic E-state index is 11.5. The van der Waals surface area contributed by atoms with E-state index in [1.165, 1.54) is 47.0 Å². The first-order chi connectivity index (χ1) is 36.7. The van der Waals surface area contributed by atoms with Crippen molar-refractivity contribution in [1.29, 1.82) is 0 Å². The second kappa shape index (κ2) is 27.9. The molecule has 18 heteroatoms. The first-order valence-corrected chi connectivity index (χ1v) is 33.9. The molecule has 0 aliphatic carbocycles. The van der Waals surface area contributed by atoms with Crippen molar-refractivity contribution in [3.8, 4) is 0 Å². The number of thioether (sulfide) groups is 4. The van der Waals surface area contributed by atoms with E-state index in [9.17, 15) is 28.8 Å². The highest BCUT2D eigenvalue weighted by molar-refractivity contribution is 8.41. The Morgan fingerprint density at radius 1 is 0.274 bits per heavy atom. The molecule has 0 aromatic rings. The van der Waals surface area contributed by atoms with Gasteiger partial charge in [-0.25, -0.2) is 19.2 Å². The molecule has 6 rings (SSSR count). The zero-order chi connectivity index (χ0) is 66.9. The van der Waals surface area contributed by atoms with Gasteiger partial charge in [0, 0.05) is 43.5 Å². The lowest BCUT2D eigenvalue weighted by Gasteiger charge is -2.37. The molecule has 6 aliphatic heterocycles. The Balaban J connectivity index is 0.000000504. The summed E-state index contributed by atoms with van der Waals surface area (Å²) in [7, 11) is 0. The lowest BCUT2D eigenvalue weighted by molar-refractivity contribution is 0.000876. The van der Waals surface area contributed by atoms with Gasteiger partial charge in [0.05, 0.1) is 23.4 Å². The number of nitrogens with one attached hydrogen (secondary N) is 4. The summed E-state index contributed by atoms with van der Waals surface area (Å²) in [5, 5.41) is 13.5. The molecular weight excluding hydrogens is 1140 g/mol. The van der Waals surface area contributed by atoms with E-state index < -0.39 is 6.16 Å². The average molecular weight is 1260 g/mol. The molecule has 6 fully saturated rings. The van der Waals surface area contributed by atoms with Crippen LogP contribution in [0.5, 0.6) is 0 Å². The van der Waals surface area contributed by atoms with Gasteiger partial charge in [-0.15, -0.1) is 0 Å². The molecular formula is C66H124N4O10S4. The molecule has 0 spiro atoms. The van der Waals surface area contributed by atoms with Crippen LogP contribution in [0.1, 0.15) is 249 Å². The lowest BCUT2D eigenvalue weighted by Crippen LogP contribution is -2.50. The molecule has 0 aromatic heterocycles. The third-order valence-corrected chi connectivity index (χ3v) is 21.9. The topological polar surface area (TPSA) is 187 Å². The Hall–Kier alpha value is -2.18. The SMILES string of the molecule is CC(C)(C)C1NC(=O)NC1C(C)(C)C.CC(C)(C)C1NC(=O)OC1C(C)(C)C.CC(C)(C)C1NC(=O)SC1C(C)(C)C.CC(C)(C)C1OC(=O)OC1C(C)(C)C.CC(C)(C)C1OC(=O)SC1C(C)(C)C.CC(C)(C)C1SC(=O)SC1C(C)(C)C. The average Bonchev–Trinajstić information content (AvgIpc) is 4.08. The van der Waals surface area contributed by atoms with Crippen LogP contribution in [0.15, 0.2) is 0 Å². The van der Waals surface area contributed by atoms with E-state index in [1.807, 2.05) is 0 Å². The number of cyclic esters (lactones) is 4. The van der Waals surface area contributed by atoms with Crippen molar-refractivity contribution < 1.29 is 47.7 Å². The van der Waals surface area contributed by atoms with Gasteiger partial charge < -0.3 is 40.2 Å². The van der Waals surface area contributed by atoms with Crippen molar-refractivity contribution in [1.82, 2.24) is 21.3 Å². The fourth-order valence-corrected chi connectivity index (χ4v) is 16.4. The first kappa shape index (κ1) is 79.8. The highest BCUT2D eigenvalue weighted by Crippen LogP contribution is 2.53. The van der Waals surface area contributed by atoms with Gasteiger partial charge in [0.15, 0.2) is 0 Å². The number of rotatable bonds is 0. The van der Waals surface area contributed by atoms with E-state index >= 15 is 0 Å². The zero-order valence-electron chi connectivity index (χ0n) is 59.6. The molecule has 4 N–H and O–H groups in total. The fraction of sp³-hybridized carbons (Fsp3) is 0.909. The quantitative estimate of drug-likeness (QED) is 0.132. The Morgan fingerprint density at radius 2 is 0.595 bits per heavy atom. The van der Waals surface area contributed by atoms with Gasteiger partial charge >= 0.3 is 23.6 Å². The van der Waals surface area contributed by atoms with Crippen molar-refractivity contribution in [3.63, 3.8) is 0 Å². The number of hydrogen-bond acceptors (Lipinski definition) is 14. The highest BCUT2D eigenvalue weighted by Gasteiger charge is 2.52. The molecule has 84 heavy (non-hydrogen) atoms. The van der Waals surface area contributed by atoms with E-state index in [0.29, 0.717) is 20.2 Å². The molecule has 6 heterocycles. The maximum Gasteiger partial charge on any atom is 0.509 e. The predicted octanol–water partition coefficient (Wildman–Crippen LogP) is 19.1. The maximum atomic E-state index is 11.5. The Bertz CT molecular complexity index is 1680. The van der Waals surface area contributed by atoms with Crippen LogP contribution < -0.4 is 21.3 Å². The summed E-state index contributed by atoms with van der Waals surface area (Å²) < 4.78 is 21.4. The van der Waals surface area contributed by atoms with Crippen LogP contribution in [0.4, 0.5) is 28.8 Å². The summed E-state index contributed by atoms with van der Waals surface area (Å²) in [6.07, 6.45) is -1.16. The molecule has 0 bridgehead atoms. The number of alkyl carbamates (subject to hydrolysis) is 1. The van der Waals surface area contributed by atoms with Crippen LogP contribution in [0.3, 0.4) is 0 Å². The lowest BCUT2D eigenvalue weighted by atomic mass is 9.74. The minimum absolute atomic E-state index is 0.0168. The number of carbonyl (C=O) groups excluding carboxylic acids is 6. The standard InChI is InChI=1S/C11H22N2O.C11H21NO2.C11H21NOS.C11H20O3.C11H20O2S.C11H20OS2/c1-10(2,3)7-8(11(4,5)6)13-9(14)12-7;2*1-10(2,3)7-8(11(4,5)6)14-9(13)12-7;3*1-10(2,3)7-8(11(4,5)6)14-9(12)13-7/h7-8H,1-6H3,(H2,12,13,14);2*7-8H,1-6H3,(H,12,13);3*7-8H,1-6H3. The van der Waals surface area contributed by atoms with Crippen molar-refractivity contribution in [3.05, 3.63) is 0 Å². The van der Waals surface area contributed by atoms with Gasteiger partial charge in [0.25, 0.3) is 5.24 Å². The molecule has 0 saturated carbocycles. The van der Waals surface area contributed by atoms with E-state index in [4.69, 9.17) is 18.9 Å². The van der Waals surface area contributed by atoms with Crippen LogP contribution in [-0.2, 0) is 18.9 Å². The Kier molecular flexibility index (Phi) is 26.5. The van der Waals surface area contributed by atoms with Crippen LogP contribution in [-0.4, -0.2) is 103 Å². The fourth-order valence-electron chi connectivity index (χ4n) is 10.3. The Morgan fingerprint density at radius 3 is 0.845 bits per heavy atom. The van der Waals surface area contributed by atoms with Crippen molar-refractivity contribution in [2.24, 2.45) is 65.0 Å². The van der Waals surface area contributed by atoms with Gasteiger partial charge in [0.1, 0.15) is 24.4 Å². The summed E-state index contributed by atoms with van der Waals surface area (Å²) >= 11 is 5.87. The van der Waals surface area contributed by atoms with Gasteiger partial charge in [-0.3, -0.25) is 9.59 Å². The summed E-state index contributed by atoms with van der Waals surface area (Å²) in [5.74, 6) is 0. The largest absolute Gasteiger partial charge is 0.509 e. The molecule has 14 nitrogen and oxygen atoms in total. The summed E-state index contributed by atoms with van der Waals surface area (Å²) in [6.45, 7) is 77.2. The minimum atomic E-state index is -0.537. The molecule has 0 aromatic carbocycles. The number of carbonyl (C=O) groups is 6. The van der Waals surface area contributed by atoms with Gasteiger partial charge in [-0.05, 0) is 55.1 Å². The second-order valence-corrected chi connectivity index (χ2v) is 41.5. The van der Waals surface area contributed by atoms with E-state index in [1.54, 1.807) is 0 Å². The third kappa shape index (κ3) is 24.7. The van der Waals surface area contributed by atoms with E-state index in [0.717, 1.165) is 0 Å². The number of urea groups is 1. The predicted molar refractivity (Wildman–Crippen MR) is 359 cm³/mol. The minimum Gasteiger partial charge on any atom is -0.452 e. The third-order valence-electron chi connectivity index (χ3n) is 15.3. The first-order valence-electron chi connectivity index (χ1n) is 30.4. The number of hydrogen-bond donors (Lipinski definition) is 4. The van der Waals surface area contributed by atoms with Gasteiger partial charge in [0.2, 0.25) is 4.45 Å². The Labute approximate surface area is 530 Å². The van der Waals surface area contributed by atoms with Crippen LogP contribution in [0.25, 0.3) is 0 Å². The van der Waals surface area contributed by atoms with E-state index in [2.05, 4.69) is 271 Å². The van der Waals surface area contributed by atoms with Crippen molar-refractivity contribution in [2.75, 3.05) is 0 Å². The molecule has 492 valence electrons. The zero-order valence-corrected chi connectivity index (χ0v) is 62.9. The molecule has 6 aliphatic rings. The smallest absolute Gasteiger partial charge is 0.452 e. The molecule has 4 amide bonds. The molecule has 12 unspecified atom stereocenters. The summed E-state index contributed by atoms with van der Waals surface area (Å²) in [6, 6.07) is 0.741. The second-order valence-electron chi connectivity index (χ2n) is 36.8. The van der Waals surface area contributed by atoms with Crippen LogP contribution in [0, 0.1) is 65.0 Å². The normalized spacial score (nSPS) is 29.0. The van der Waals surface area contributed by atoms with Crippen molar-refractivity contribution >= 4 is 80.3 Å². The molecule has 6 saturated heterocycles. The van der Waals surface area contributed by atoms with E-state index in [-0.39, 0.29) is 141 Å². The monoisotopic (exact) mass is 1260 g/mol. The van der Waals surface area contributed by atoms with Gasteiger partial charge in [-0.2, -0.15) is 0 Å². The van der Waals surface area contributed by atoms with Crippen LogP contribution in [0.2, 0.25) is 0 Å². The highest BCUT2D eigenvalue weighted by atomic mass is 32.2. The summed E-state index contributed by atoms with van der Waals surface area (Å²) in [4.78, 5) is 67.9. The van der Waals surface area contributed by atoms with Gasteiger partial charge in [-0.1, -0.05) is 285 Å². The van der Waals surface area contributed by atoms with Crippen molar-refractivity contribution in [2.45, 2.75) is 319 Å². The van der Waals surface area contributed by atoms with Crippen LogP contribution >= 0.6 is 47.0 Å². The molecule has 0 radical (unpaired) electrons. The molecule has 12 atom stereocenters. The number of amides is 4. The summed E-state index contributed by atoms with van der Waals surface area (Å²) in [5.41, 5.74) is 0.901.